The lowest BCUT2D eigenvalue weighted by atomic mass is 10.00. The van der Waals surface area contributed by atoms with Crippen molar-refractivity contribution in [2.45, 2.75) is 25.2 Å². The average molecular weight is 510 g/mol. The Bertz CT molecular complexity index is 1200. The highest BCUT2D eigenvalue weighted by Crippen LogP contribution is 2.37. The lowest BCUT2D eigenvalue weighted by Crippen LogP contribution is -2.49. The molecule has 3 atom stereocenters. The van der Waals surface area contributed by atoms with Crippen LogP contribution in [0.4, 0.5) is 15.8 Å². The van der Waals surface area contributed by atoms with Crippen LogP contribution in [0.3, 0.4) is 0 Å². The molecule has 0 spiro atoms. The number of β-amino-alcohol motifs (C(OH)–C–C–N with tert-alkyl or cyclic N) is 1. The van der Waals surface area contributed by atoms with E-state index in [0.717, 1.165) is 16.8 Å². The first-order valence-corrected chi connectivity index (χ1v) is 12.2. The molecule has 1 fully saturated rings. The molecule has 0 radical (unpaired) electrons. The molecule has 0 amide bonds. The number of hydrogen-bond donors (Lipinski definition) is 2. The normalized spacial score (nSPS) is 17.9. The van der Waals surface area contributed by atoms with Crippen molar-refractivity contribution in [3.05, 3.63) is 100 Å². The summed E-state index contributed by atoms with van der Waals surface area (Å²) in [4.78, 5) is 7.78. The largest absolute Gasteiger partial charge is 0.491 e. The van der Waals surface area contributed by atoms with Crippen LogP contribution >= 0.6 is 11.6 Å². The summed E-state index contributed by atoms with van der Waals surface area (Å²) in [6.45, 7) is 11.3. The van der Waals surface area contributed by atoms with E-state index in [-0.39, 0.29) is 18.5 Å². The summed E-state index contributed by atoms with van der Waals surface area (Å²) in [5.74, 6) is 0.280. The molecule has 6 nitrogen and oxygen atoms in total. The van der Waals surface area contributed by atoms with Crippen LogP contribution in [-0.2, 0) is 0 Å². The van der Waals surface area contributed by atoms with Crippen LogP contribution in [-0.4, -0.2) is 54.0 Å². The number of benzene rings is 3. The van der Waals surface area contributed by atoms with Crippen LogP contribution in [0.15, 0.2) is 66.7 Å². The first-order valence-electron chi connectivity index (χ1n) is 11.8. The van der Waals surface area contributed by atoms with Crippen molar-refractivity contribution in [3.63, 3.8) is 0 Å². The number of ether oxygens (including phenoxy) is 1. The molecule has 3 aromatic carbocycles. The van der Waals surface area contributed by atoms with E-state index < -0.39 is 12.2 Å². The quantitative estimate of drug-likeness (QED) is 0.399. The highest BCUT2D eigenvalue weighted by Gasteiger charge is 2.31. The van der Waals surface area contributed by atoms with Gasteiger partial charge >= 0.3 is 0 Å². The Kier molecular flexibility index (Phi) is 8.44. The van der Waals surface area contributed by atoms with Gasteiger partial charge in [0.25, 0.3) is 0 Å². The lowest BCUT2D eigenvalue weighted by molar-refractivity contribution is 0.100. The van der Waals surface area contributed by atoms with Crippen molar-refractivity contribution in [1.82, 2.24) is 4.90 Å². The maximum Gasteiger partial charge on any atom is 0.187 e. The molecule has 4 rings (SSSR count). The summed E-state index contributed by atoms with van der Waals surface area (Å²) in [7, 11) is 0. The van der Waals surface area contributed by atoms with Gasteiger partial charge in [0.15, 0.2) is 5.69 Å². The zero-order valence-electron chi connectivity index (χ0n) is 20.0. The Morgan fingerprint density at radius 1 is 1.08 bits per heavy atom. The van der Waals surface area contributed by atoms with Gasteiger partial charge in [0, 0.05) is 32.2 Å². The minimum atomic E-state index is -0.695. The first kappa shape index (κ1) is 25.9. The Labute approximate surface area is 215 Å². The molecule has 0 aliphatic carbocycles. The molecule has 0 bridgehead atoms. The molecule has 1 aliphatic heterocycles. The second-order valence-corrected chi connectivity index (χ2v) is 9.42. The zero-order chi connectivity index (χ0) is 25.7. The number of aliphatic hydroxyl groups excluding tert-OH is 2. The molecular formula is C28H29ClFN3O3. The number of anilines is 1. The summed E-state index contributed by atoms with van der Waals surface area (Å²) in [5, 5.41) is 20.8. The third-order valence-corrected chi connectivity index (χ3v) is 6.58. The van der Waals surface area contributed by atoms with Crippen molar-refractivity contribution in [2.75, 3.05) is 37.7 Å². The van der Waals surface area contributed by atoms with E-state index in [1.807, 2.05) is 12.1 Å². The molecule has 8 heteroatoms. The van der Waals surface area contributed by atoms with Crippen molar-refractivity contribution < 1.29 is 19.3 Å². The molecule has 2 N–H and O–H groups in total. The maximum absolute atomic E-state index is 13.7. The number of rotatable bonds is 8. The number of halogens is 2. The first-order chi connectivity index (χ1) is 17.3. The van der Waals surface area contributed by atoms with Gasteiger partial charge in [-0.2, -0.15) is 0 Å². The predicted molar refractivity (Wildman–Crippen MR) is 139 cm³/mol. The number of hydrogen-bond acceptors (Lipinski definition) is 5. The summed E-state index contributed by atoms with van der Waals surface area (Å²) in [6, 6.07) is 18.8. The smallest absolute Gasteiger partial charge is 0.187 e. The van der Waals surface area contributed by atoms with Gasteiger partial charge in [0.1, 0.15) is 18.2 Å². The highest BCUT2D eigenvalue weighted by molar-refractivity contribution is 6.33. The fourth-order valence-corrected chi connectivity index (χ4v) is 4.69. The molecule has 0 aromatic heterocycles. The Morgan fingerprint density at radius 2 is 1.81 bits per heavy atom. The van der Waals surface area contributed by atoms with Crippen LogP contribution in [0.1, 0.15) is 30.2 Å². The van der Waals surface area contributed by atoms with E-state index in [9.17, 15) is 14.6 Å². The molecule has 1 heterocycles. The Hall–Kier alpha value is -3.15. The fourth-order valence-electron chi connectivity index (χ4n) is 4.41. The highest BCUT2D eigenvalue weighted by atomic mass is 35.5. The number of piperazine rings is 1. The van der Waals surface area contributed by atoms with Gasteiger partial charge < -0.3 is 19.8 Å². The second-order valence-electron chi connectivity index (χ2n) is 9.01. The van der Waals surface area contributed by atoms with E-state index in [1.165, 1.54) is 12.1 Å². The Balaban J connectivity index is 1.54. The fraction of sp³-hybridized carbons (Fsp3) is 0.321. The molecule has 188 valence electrons. The number of aliphatic hydroxyl groups is 2. The molecule has 36 heavy (non-hydrogen) atoms. The SMILES string of the molecule is [C-]#[N+]c1ccc([C@H](O)CN2CCN(c3ccc(OC[C@H](C)O)cc3Cl)[C@H](c3ccc(F)cc3)C2)cc1. The van der Waals surface area contributed by atoms with Gasteiger partial charge in [-0.3, -0.25) is 4.90 Å². The number of nitrogens with zero attached hydrogens (tertiary/aromatic N) is 3. The van der Waals surface area contributed by atoms with Gasteiger partial charge in [-0.25, -0.2) is 9.24 Å². The third-order valence-electron chi connectivity index (χ3n) is 6.28. The summed E-state index contributed by atoms with van der Waals surface area (Å²) < 4.78 is 19.3. The van der Waals surface area contributed by atoms with Gasteiger partial charge in [-0.15, -0.1) is 0 Å². The summed E-state index contributed by atoms with van der Waals surface area (Å²) in [6.07, 6.45) is -1.28. The van der Waals surface area contributed by atoms with E-state index in [1.54, 1.807) is 49.4 Å². The van der Waals surface area contributed by atoms with E-state index >= 15 is 0 Å². The molecule has 1 saturated heterocycles. The van der Waals surface area contributed by atoms with Gasteiger partial charge in [0.05, 0.1) is 35.5 Å². The van der Waals surface area contributed by atoms with Crippen LogP contribution in [0.2, 0.25) is 5.02 Å². The third kappa shape index (κ3) is 6.34. The topological polar surface area (TPSA) is 60.5 Å². The predicted octanol–water partition coefficient (Wildman–Crippen LogP) is 5.39. The van der Waals surface area contributed by atoms with E-state index in [0.29, 0.717) is 42.6 Å². The van der Waals surface area contributed by atoms with Crippen molar-refractivity contribution >= 4 is 23.0 Å². The molecule has 1 aliphatic rings. The van der Waals surface area contributed by atoms with Crippen LogP contribution in [0.25, 0.3) is 4.85 Å². The molecular weight excluding hydrogens is 481 g/mol. The van der Waals surface area contributed by atoms with Crippen molar-refractivity contribution in [3.8, 4) is 5.75 Å². The molecule has 0 saturated carbocycles. The Morgan fingerprint density at radius 3 is 2.44 bits per heavy atom. The van der Waals surface area contributed by atoms with Crippen molar-refractivity contribution in [1.29, 1.82) is 0 Å². The summed E-state index contributed by atoms with van der Waals surface area (Å²) >= 11 is 6.66. The average Bonchev–Trinajstić information content (AvgIpc) is 2.88. The monoisotopic (exact) mass is 509 g/mol. The van der Waals surface area contributed by atoms with Crippen LogP contribution in [0, 0.1) is 12.4 Å². The lowest BCUT2D eigenvalue weighted by Gasteiger charge is -2.44. The van der Waals surface area contributed by atoms with E-state index in [4.69, 9.17) is 22.9 Å². The minimum Gasteiger partial charge on any atom is -0.491 e. The van der Waals surface area contributed by atoms with E-state index in [2.05, 4.69) is 14.6 Å². The van der Waals surface area contributed by atoms with Gasteiger partial charge in [-0.05, 0) is 42.3 Å². The standard InChI is InChI=1S/C28H29ClFN3O3/c1-19(34)18-36-24-11-12-26(25(29)15-24)33-14-13-32(16-27(33)20-3-7-22(30)8-4-20)17-28(35)21-5-9-23(31-2)10-6-21/h3-12,15,19,27-28,34-35H,13-14,16-18H2,1H3/t19-,27-,28+/m0/s1. The van der Waals surface area contributed by atoms with Gasteiger partial charge in [0.2, 0.25) is 0 Å². The zero-order valence-corrected chi connectivity index (χ0v) is 20.8. The second kappa shape index (κ2) is 11.7. The van der Waals surface area contributed by atoms with Gasteiger partial charge in [-0.1, -0.05) is 48.0 Å². The minimum absolute atomic E-state index is 0.113. The summed E-state index contributed by atoms with van der Waals surface area (Å²) in [5.41, 5.74) is 3.09. The van der Waals surface area contributed by atoms with Crippen molar-refractivity contribution in [2.24, 2.45) is 0 Å². The molecule has 0 unspecified atom stereocenters. The van der Waals surface area contributed by atoms with Crippen LogP contribution < -0.4 is 9.64 Å². The maximum atomic E-state index is 13.7. The van der Waals surface area contributed by atoms with Crippen LogP contribution in [0.5, 0.6) is 5.75 Å². The molecule has 3 aromatic rings.